The number of ether oxygens (including phenoxy) is 1. The van der Waals surface area contributed by atoms with Crippen molar-refractivity contribution in [1.82, 2.24) is 4.31 Å². The van der Waals surface area contributed by atoms with Crippen LogP contribution in [0.2, 0.25) is 0 Å². The fraction of sp³-hybridized carbons (Fsp3) is 0.364. The molecule has 2 aliphatic heterocycles. The minimum Gasteiger partial charge on any atom is -0.482 e. The summed E-state index contributed by atoms with van der Waals surface area (Å²) in [5, 5.41) is 2.63. The quantitative estimate of drug-likeness (QED) is 0.783. The first kappa shape index (κ1) is 21.3. The number of nitrogens with zero attached hydrogens (tertiary/aromatic N) is 2. The molecule has 0 aliphatic carbocycles. The Morgan fingerprint density at radius 3 is 2.48 bits per heavy atom. The maximum atomic E-state index is 13.1. The first-order valence-electron chi connectivity index (χ1n) is 10.2. The Morgan fingerprint density at radius 2 is 1.81 bits per heavy atom. The van der Waals surface area contributed by atoms with E-state index in [1.54, 1.807) is 18.0 Å². The molecule has 2 aromatic rings. The average Bonchev–Trinajstić information content (AvgIpc) is 2.78. The van der Waals surface area contributed by atoms with Crippen LogP contribution in [0.4, 0.5) is 11.4 Å². The van der Waals surface area contributed by atoms with Gasteiger partial charge < -0.3 is 15.0 Å². The van der Waals surface area contributed by atoms with Gasteiger partial charge in [-0.1, -0.05) is 17.7 Å². The number of hydrogen-bond acceptors (Lipinski definition) is 5. The molecule has 0 aromatic heterocycles. The molecular weight excluding hydrogens is 418 g/mol. The normalized spacial score (nSPS) is 17.4. The average molecular weight is 444 g/mol. The van der Waals surface area contributed by atoms with Gasteiger partial charge in [0.15, 0.2) is 6.61 Å². The molecule has 164 valence electrons. The first-order chi connectivity index (χ1) is 14.8. The van der Waals surface area contributed by atoms with E-state index in [1.165, 1.54) is 16.4 Å². The van der Waals surface area contributed by atoms with E-state index in [0.29, 0.717) is 24.3 Å². The highest BCUT2D eigenvalue weighted by Gasteiger charge is 2.34. The van der Waals surface area contributed by atoms with E-state index >= 15 is 0 Å². The number of carbonyl (C=O) groups excluding carboxylic acids is 2. The van der Waals surface area contributed by atoms with Gasteiger partial charge in [-0.3, -0.25) is 9.59 Å². The van der Waals surface area contributed by atoms with Crippen LogP contribution in [0.5, 0.6) is 5.75 Å². The molecule has 2 amide bonds. The molecule has 0 unspecified atom stereocenters. The van der Waals surface area contributed by atoms with Gasteiger partial charge in [-0.2, -0.15) is 4.31 Å². The predicted octanol–water partition coefficient (Wildman–Crippen LogP) is 2.39. The van der Waals surface area contributed by atoms with Crippen LogP contribution in [0, 0.1) is 12.8 Å². The standard InChI is InChI=1S/C22H25N3O5S/c1-15-3-5-17(6-4-15)24(2)22(27)16-9-11-25(12-10-16)31(28,29)18-7-8-20-19(13-18)23-21(26)14-30-20/h3-8,13,16H,9-12,14H2,1-2H3,(H,23,26). The highest BCUT2D eigenvalue weighted by molar-refractivity contribution is 7.89. The minimum atomic E-state index is -3.74. The van der Waals surface area contributed by atoms with Gasteiger partial charge in [-0.15, -0.1) is 0 Å². The first-order valence-corrected chi connectivity index (χ1v) is 11.6. The number of aryl methyl sites for hydroxylation is 1. The molecule has 2 aliphatic rings. The van der Waals surface area contributed by atoms with Gasteiger partial charge in [-0.25, -0.2) is 8.42 Å². The Hall–Kier alpha value is -2.91. The second-order valence-electron chi connectivity index (χ2n) is 7.91. The van der Waals surface area contributed by atoms with Crippen LogP contribution in [-0.2, 0) is 19.6 Å². The smallest absolute Gasteiger partial charge is 0.262 e. The number of fused-ring (bicyclic) bond motifs is 1. The van der Waals surface area contributed by atoms with Crippen molar-refractivity contribution >= 4 is 33.2 Å². The molecule has 4 rings (SSSR count). The van der Waals surface area contributed by atoms with Crippen molar-refractivity contribution in [2.75, 3.05) is 37.0 Å². The molecule has 1 saturated heterocycles. The molecule has 0 spiro atoms. The molecule has 2 heterocycles. The summed E-state index contributed by atoms with van der Waals surface area (Å²) in [5.41, 5.74) is 2.29. The van der Waals surface area contributed by atoms with Gasteiger partial charge in [0, 0.05) is 31.7 Å². The highest BCUT2D eigenvalue weighted by Crippen LogP contribution is 2.32. The van der Waals surface area contributed by atoms with E-state index < -0.39 is 10.0 Å². The Kier molecular flexibility index (Phi) is 5.72. The van der Waals surface area contributed by atoms with Crippen molar-refractivity contribution in [2.24, 2.45) is 5.92 Å². The summed E-state index contributed by atoms with van der Waals surface area (Å²) >= 11 is 0. The zero-order valence-electron chi connectivity index (χ0n) is 17.5. The van der Waals surface area contributed by atoms with Gasteiger partial charge in [0.2, 0.25) is 15.9 Å². The molecule has 1 fully saturated rings. The Morgan fingerprint density at radius 1 is 1.13 bits per heavy atom. The highest BCUT2D eigenvalue weighted by atomic mass is 32.2. The monoisotopic (exact) mass is 443 g/mol. The molecule has 9 heteroatoms. The number of carbonyl (C=O) groups is 2. The number of sulfonamides is 1. The lowest BCUT2D eigenvalue weighted by Crippen LogP contribution is -2.43. The third-order valence-corrected chi connectivity index (χ3v) is 7.67. The van der Waals surface area contributed by atoms with Crippen molar-refractivity contribution in [1.29, 1.82) is 0 Å². The van der Waals surface area contributed by atoms with E-state index in [1.807, 2.05) is 31.2 Å². The third kappa shape index (κ3) is 4.28. The van der Waals surface area contributed by atoms with Crippen molar-refractivity contribution in [3.63, 3.8) is 0 Å². The lowest BCUT2D eigenvalue weighted by atomic mass is 9.96. The summed E-state index contributed by atoms with van der Waals surface area (Å²) in [6.45, 7) is 2.43. The molecule has 1 N–H and O–H groups in total. The second kappa shape index (κ2) is 8.32. The predicted molar refractivity (Wildman–Crippen MR) is 117 cm³/mol. The molecule has 31 heavy (non-hydrogen) atoms. The fourth-order valence-corrected chi connectivity index (χ4v) is 5.38. The molecular formula is C22H25N3O5S. The Bertz CT molecular complexity index is 1110. The van der Waals surface area contributed by atoms with Crippen molar-refractivity contribution in [3.05, 3.63) is 48.0 Å². The molecule has 0 atom stereocenters. The van der Waals surface area contributed by atoms with E-state index in [0.717, 1.165) is 11.3 Å². The Labute approximate surface area is 181 Å². The fourth-order valence-electron chi connectivity index (χ4n) is 3.88. The van der Waals surface area contributed by atoms with Crippen molar-refractivity contribution in [2.45, 2.75) is 24.7 Å². The van der Waals surface area contributed by atoms with Crippen LogP contribution < -0.4 is 15.0 Å². The minimum absolute atomic E-state index is 0.00505. The third-order valence-electron chi connectivity index (χ3n) is 5.78. The maximum Gasteiger partial charge on any atom is 0.262 e. The Balaban J connectivity index is 1.43. The number of benzene rings is 2. The maximum absolute atomic E-state index is 13.1. The lowest BCUT2D eigenvalue weighted by molar-refractivity contribution is -0.123. The van der Waals surface area contributed by atoms with Crippen LogP contribution in [0.1, 0.15) is 18.4 Å². The van der Waals surface area contributed by atoms with E-state index in [-0.39, 0.29) is 42.3 Å². The van der Waals surface area contributed by atoms with E-state index in [9.17, 15) is 18.0 Å². The van der Waals surface area contributed by atoms with E-state index in [2.05, 4.69) is 5.32 Å². The van der Waals surface area contributed by atoms with E-state index in [4.69, 9.17) is 4.74 Å². The summed E-state index contributed by atoms with van der Waals surface area (Å²) in [6.07, 6.45) is 0.915. The number of piperidine rings is 1. The molecule has 0 bridgehead atoms. The molecule has 0 saturated carbocycles. The van der Waals surface area contributed by atoms with Crippen LogP contribution in [0.25, 0.3) is 0 Å². The van der Waals surface area contributed by atoms with Crippen LogP contribution in [-0.4, -0.2) is 51.3 Å². The second-order valence-corrected chi connectivity index (χ2v) is 9.84. The molecule has 2 aromatic carbocycles. The summed E-state index contributed by atoms with van der Waals surface area (Å²) in [4.78, 5) is 26.2. The van der Waals surface area contributed by atoms with Gasteiger partial charge in [0.25, 0.3) is 5.91 Å². The number of anilines is 2. The van der Waals surface area contributed by atoms with Crippen molar-refractivity contribution < 1.29 is 22.7 Å². The number of hydrogen-bond donors (Lipinski definition) is 1. The van der Waals surface area contributed by atoms with Gasteiger partial charge in [0.05, 0.1) is 10.6 Å². The molecule has 0 radical (unpaired) electrons. The van der Waals surface area contributed by atoms with Gasteiger partial charge >= 0.3 is 0 Å². The summed E-state index contributed by atoms with van der Waals surface area (Å²) < 4.78 is 32.9. The summed E-state index contributed by atoms with van der Waals surface area (Å²) in [7, 11) is -1.99. The zero-order chi connectivity index (χ0) is 22.2. The van der Waals surface area contributed by atoms with Crippen LogP contribution in [0.15, 0.2) is 47.4 Å². The number of rotatable bonds is 4. The van der Waals surface area contributed by atoms with Gasteiger partial charge in [-0.05, 0) is 50.1 Å². The van der Waals surface area contributed by atoms with Crippen LogP contribution >= 0.6 is 0 Å². The lowest BCUT2D eigenvalue weighted by Gasteiger charge is -2.32. The largest absolute Gasteiger partial charge is 0.482 e. The zero-order valence-corrected chi connectivity index (χ0v) is 18.3. The van der Waals surface area contributed by atoms with Crippen molar-refractivity contribution in [3.8, 4) is 5.75 Å². The van der Waals surface area contributed by atoms with Gasteiger partial charge in [0.1, 0.15) is 5.75 Å². The number of nitrogens with one attached hydrogen (secondary N) is 1. The van der Waals surface area contributed by atoms with Crippen LogP contribution in [0.3, 0.4) is 0 Å². The summed E-state index contributed by atoms with van der Waals surface area (Å²) in [5.74, 6) is -0.107. The topological polar surface area (TPSA) is 96.0 Å². The summed E-state index contributed by atoms with van der Waals surface area (Å²) in [6, 6.07) is 12.2. The SMILES string of the molecule is Cc1ccc(N(C)C(=O)C2CCN(S(=O)(=O)c3ccc4c(c3)NC(=O)CO4)CC2)cc1. The molecule has 8 nitrogen and oxygen atoms in total. The number of amides is 2.